The highest BCUT2D eigenvalue weighted by molar-refractivity contribution is 5.95. The maximum Gasteiger partial charge on any atom is 0.251 e. The maximum atomic E-state index is 11.8. The highest BCUT2D eigenvalue weighted by Crippen LogP contribution is 2.16. The van der Waals surface area contributed by atoms with Crippen LogP contribution >= 0.6 is 0 Å². The lowest BCUT2D eigenvalue weighted by molar-refractivity contribution is 0.0945. The third kappa shape index (κ3) is 4.07. The molecule has 0 saturated carbocycles. The number of aliphatic hydroxyl groups excluding tert-OH is 1. The molecule has 0 aliphatic rings. The number of carbonyl (C=O) groups is 1. The van der Waals surface area contributed by atoms with Crippen molar-refractivity contribution in [2.45, 2.75) is 26.4 Å². The van der Waals surface area contributed by atoms with Gasteiger partial charge in [-0.3, -0.25) is 4.79 Å². The molecule has 1 aromatic carbocycles. The Morgan fingerprint density at radius 3 is 2.76 bits per heavy atom. The number of aliphatic hydroxyl groups is 1. The molecule has 0 fully saturated rings. The number of aryl methyl sites for hydroxylation is 1. The number of amides is 1. The van der Waals surface area contributed by atoms with E-state index in [1.54, 1.807) is 26.2 Å². The third-order valence-electron chi connectivity index (χ3n) is 2.53. The summed E-state index contributed by atoms with van der Waals surface area (Å²) in [5.74, 6) is 0.619. The standard InChI is InChI=1S/C13H19NO3/c1-9-8-11(17-3)4-5-12(9)13(16)14-7-6-10(2)15/h4-5,8,10,15H,6-7H2,1-3H3,(H,14,16). The summed E-state index contributed by atoms with van der Waals surface area (Å²) in [4.78, 5) is 11.8. The van der Waals surface area contributed by atoms with Gasteiger partial charge < -0.3 is 15.2 Å². The van der Waals surface area contributed by atoms with Gasteiger partial charge in [-0.1, -0.05) is 0 Å². The lowest BCUT2D eigenvalue weighted by atomic mass is 10.1. The normalized spacial score (nSPS) is 12.0. The van der Waals surface area contributed by atoms with Gasteiger partial charge in [-0.25, -0.2) is 0 Å². The van der Waals surface area contributed by atoms with Crippen LogP contribution in [-0.2, 0) is 0 Å². The number of ether oxygens (including phenoxy) is 1. The van der Waals surface area contributed by atoms with Gasteiger partial charge in [0, 0.05) is 12.1 Å². The predicted molar refractivity (Wildman–Crippen MR) is 66.4 cm³/mol. The SMILES string of the molecule is COc1ccc(C(=O)NCCC(C)O)c(C)c1. The van der Waals surface area contributed by atoms with Crippen LogP contribution in [0.1, 0.15) is 29.3 Å². The molecule has 0 aliphatic carbocycles. The van der Waals surface area contributed by atoms with Crippen LogP contribution in [0.3, 0.4) is 0 Å². The zero-order valence-corrected chi connectivity index (χ0v) is 10.5. The minimum Gasteiger partial charge on any atom is -0.497 e. The highest BCUT2D eigenvalue weighted by atomic mass is 16.5. The first-order chi connectivity index (χ1) is 8.04. The third-order valence-corrected chi connectivity index (χ3v) is 2.53. The smallest absolute Gasteiger partial charge is 0.251 e. The van der Waals surface area contributed by atoms with Gasteiger partial charge in [-0.2, -0.15) is 0 Å². The Hall–Kier alpha value is -1.55. The van der Waals surface area contributed by atoms with Crippen molar-refractivity contribution in [3.05, 3.63) is 29.3 Å². The van der Waals surface area contributed by atoms with Gasteiger partial charge in [-0.15, -0.1) is 0 Å². The second kappa shape index (κ2) is 6.25. The number of hydrogen-bond donors (Lipinski definition) is 2. The van der Waals surface area contributed by atoms with Crippen molar-refractivity contribution >= 4 is 5.91 Å². The van der Waals surface area contributed by atoms with Crippen molar-refractivity contribution in [1.82, 2.24) is 5.32 Å². The maximum absolute atomic E-state index is 11.8. The molecule has 0 radical (unpaired) electrons. The molecule has 1 unspecified atom stereocenters. The molecule has 0 spiro atoms. The van der Waals surface area contributed by atoms with E-state index in [1.165, 1.54) is 0 Å². The Balaban J connectivity index is 2.63. The van der Waals surface area contributed by atoms with Crippen LogP contribution in [0.5, 0.6) is 5.75 Å². The Morgan fingerprint density at radius 2 is 2.24 bits per heavy atom. The molecule has 0 aliphatic heterocycles. The summed E-state index contributed by atoms with van der Waals surface area (Å²) in [7, 11) is 1.59. The van der Waals surface area contributed by atoms with Crippen molar-refractivity contribution < 1.29 is 14.6 Å². The largest absolute Gasteiger partial charge is 0.497 e. The fourth-order valence-electron chi connectivity index (χ4n) is 1.51. The van der Waals surface area contributed by atoms with Gasteiger partial charge >= 0.3 is 0 Å². The fraction of sp³-hybridized carbons (Fsp3) is 0.462. The fourth-order valence-corrected chi connectivity index (χ4v) is 1.51. The first-order valence-corrected chi connectivity index (χ1v) is 5.65. The molecular formula is C13H19NO3. The van der Waals surface area contributed by atoms with E-state index in [9.17, 15) is 4.79 Å². The molecule has 0 aromatic heterocycles. The summed E-state index contributed by atoms with van der Waals surface area (Å²) in [5.41, 5.74) is 1.51. The first kappa shape index (κ1) is 13.5. The number of nitrogens with one attached hydrogen (secondary N) is 1. The monoisotopic (exact) mass is 237 g/mol. The summed E-state index contributed by atoms with van der Waals surface area (Å²) in [6.07, 6.45) is 0.160. The molecule has 17 heavy (non-hydrogen) atoms. The molecule has 4 heteroatoms. The number of benzene rings is 1. The van der Waals surface area contributed by atoms with Crippen molar-refractivity contribution in [3.63, 3.8) is 0 Å². The average molecular weight is 237 g/mol. The van der Waals surface area contributed by atoms with Crippen LogP contribution in [0.2, 0.25) is 0 Å². The Labute approximate surface area is 102 Å². The van der Waals surface area contributed by atoms with Crippen LogP contribution in [0.25, 0.3) is 0 Å². The van der Waals surface area contributed by atoms with Crippen LogP contribution in [0, 0.1) is 6.92 Å². The van der Waals surface area contributed by atoms with E-state index in [1.807, 2.05) is 13.0 Å². The minimum absolute atomic E-state index is 0.120. The molecule has 0 saturated heterocycles. The molecule has 94 valence electrons. The van der Waals surface area contributed by atoms with Crippen LogP contribution in [-0.4, -0.2) is 30.8 Å². The summed E-state index contributed by atoms with van der Waals surface area (Å²) in [5, 5.41) is 11.9. The van der Waals surface area contributed by atoms with Gasteiger partial charge in [0.2, 0.25) is 0 Å². The van der Waals surface area contributed by atoms with E-state index in [2.05, 4.69) is 5.32 Å². The molecule has 1 atom stereocenters. The number of carbonyl (C=O) groups excluding carboxylic acids is 1. The van der Waals surface area contributed by atoms with Gasteiger partial charge in [0.15, 0.2) is 0 Å². The van der Waals surface area contributed by atoms with Gasteiger partial charge in [0.25, 0.3) is 5.91 Å². The van der Waals surface area contributed by atoms with E-state index in [4.69, 9.17) is 9.84 Å². The quantitative estimate of drug-likeness (QED) is 0.816. The van der Waals surface area contributed by atoms with Crippen LogP contribution in [0.15, 0.2) is 18.2 Å². The molecule has 2 N–H and O–H groups in total. The van der Waals surface area contributed by atoms with E-state index < -0.39 is 6.10 Å². The molecule has 4 nitrogen and oxygen atoms in total. The minimum atomic E-state index is -0.396. The van der Waals surface area contributed by atoms with Gasteiger partial charge in [0.1, 0.15) is 5.75 Å². The summed E-state index contributed by atoms with van der Waals surface area (Å²) in [6, 6.07) is 5.33. The van der Waals surface area contributed by atoms with Crippen LogP contribution < -0.4 is 10.1 Å². The lowest BCUT2D eigenvalue weighted by Crippen LogP contribution is -2.27. The van der Waals surface area contributed by atoms with Crippen molar-refractivity contribution in [2.75, 3.05) is 13.7 Å². The van der Waals surface area contributed by atoms with E-state index >= 15 is 0 Å². The first-order valence-electron chi connectivity index (χ1n) is 5.65. The summed E-state index contributed by atoms with van der Waals surface area (Å²) < 4.78 is 5.08. The Morgan fingerprint density at radius 1 is 1.53 bits per heavy atom. The molecule has 1 amide bonds. The van der Waals surface area contributed by atoms with Gasteiger partial charge in [-0.05, 0) is 44.0 Å². The topological polar surface area (TPSA) is 58.6 Å². The molecule has 0 bridgehead atoms. The van der Waals surface area contributed by atoms with E-state index in [0.29, 0.717) is 18.5 Å². The molecule has 1 rings (SSSR count). The average Bonchev–Trinajstić information content (AvgIpc) is 2.28. The predicted octanol–water partition coefficient (Wildman–Crippen LogP) is 1.50. The van der Waals surface area contributed by atoms with Crippen molar-refractivity contribution in [3.8, 4) is 5.75 Å². The van der Waals surface area contributed by atoms with E-state index in [0.717, 1.165) is 11.3 Å². The Kier molecular flexibility index (Phi) is 4.97. The summed E-state index contributed by atoms with van der Waals surface area (Å²) in [6.45, 7) is 4.04. The van der Waals surface area contributed by atoms with Crippen LogP contribution in [0.4, 0.5) is 0 Å². The molecular weight excluding hydrogens is 218 g/mol. The zero-order valence-electron chi connectivity index (χ0n) is 10.5. The second-order valence-electron chi connectivity index (χ2n) is 4.07. The van der Waals surface area contributed by atoms with Gasteiger partial charge in [0.05, 0.1) is 13.2 Å². The number of hydrogen-bond acceptors (Lipinski definition) is 3. The second-order valence-corrected chi connectivity index (χ2v) is 4.07. The highest BCUT2D eigenvalue weighted by Gasteiger charge is 2.09. The zero-order chi connectivity index (χ0) is 12.8. The molecule has 1 aromatic rings. The Bertz CT molecular complexity index is 388. The molecule has 0 heterocycles. The number of methoxy groups -OCH3 is 1. The van der Waals surface area contributed by atoms with Crippen molar-refractivity contribution in [1.29, 1.82) is 0 Å². The number of rotatable bonds is 5. The van der Waals surface area contributed by atoms with Crippen molar-refractivity contribution in [2.24, 2.45) is 0 Å². The lowest BCUT2D eigenvalue weighted by Gasteiger charge is -2.09. The van der Waals surface area contributed by atoms with E-state index in [-0.39, 0.29) is 5.91 Å². The summed E-state index contributed by atoms with van der Waals surface area (Å²) >= 11 is 0.